The standard InChI is InChI=1S/C7H6N4S/c1-2-6(12-3-1)4-8-7-9-5-10-11-7/h1-5H,(H,9,10,11). The van der Waals surface area contributed by atoms with Crippen LogP contribution in [0.15, 0.2) is 28.8 Å². The zero-order chi connectivity index (χ0) is 8.23. The minimum absolute atomic E-state index is 0.531. The predicted molar refractivity (Wildman–Crippen MR) is 48.0 cm³/mol. The second-order valence-electron chi connectivity index (χ2n) is 2.08. The van der Waals surface area contributed by atoms with Crippen LogP contribution in [0.5, 0.6) is 0 Å². The van der Waals surface area contributed by atoms with Crippen LogP contribution >= 0.6 is 11.3 Å². The number of nitrogens with one attached hydrogen (secondary N) is 1. The third-order valence-corrected chi connectivity index (χ3v) is 2.07. The molecule has 2 aromatic heterocycles. The molecule has 0 saturated carbocycles. The molecule has 0 unspecified atom stereocenters. The van der Waals surface area contributed by atoms with Crippen LogP contribution in [0.25, 0.3) is 0 Å². The molecule has 0 radical (unpaired) electrons. The molecule has 0 saturated heterocycles. The monoisotopic (exact) mass is 178 g/mol. The molecule has 0 amide bonds. The van der Waals surface area contributed by atoms with E-state index in [2.05, 4.69) is 20.2 Å². The number of nitrogens with zero attached hydrogens (tertiary/aromatic N) is 3. The topological polar surface area (TPSA) is 53.9 Å². The smallest absolute Gasteiger partial charge is 0.244 e. The van der Waals surface area contributed by atoms with E-state index < -0.39 is 0 Å². The number of hydrogen-bond donors (Lipinski definition) is 1. The van der Waals surface area contributed by atoms with Gasteiger partial charge in [-0.2, -0.15) is 10.1 Å². The Labute approximate surface area is 73.0 Å². The van der Waals surface area contributed by atoms with Gasteiger partial charge in [0.25, 0.3) is 0 Å². The number of aromatic nitrogens is 3. The van der Waals surface area contributed by atoms with E-state index in [1.165, 1.54) is 6.33 Å². The SMILES string of the molecule is C(=Nc1ncn[nH]1)c1cccs1. The van der Waals surface area contributed by atoms with Crippen molar-refractivity contribution in [3.8, 4) is 0 Å². The second kappa shape index (κ2) is 3.27. The van der Waals surface area contributed by atoms with Crippen LogP contribution < -0.4 is 0 Å². The largest absolute Gasteiger partial charge is 0.245 e. The van der Waals surface area contributed by atoms with Crippen molar-refractivity contribution in [3.63, 3.8) is 0 Å². The molecule has 1 N–H and O–H groups in total. The molecule has 0 aliphatic heterocycles. The lowest BCUT2D eigenvalue weighted by Gasteiger charge is -1.81. The molecule has 0 bridgehead atoms. The Balaban J connectivity index is 2.14. The molecule has 0 atom stereocenters. The average molecular weight is 178 g/mol. The number of aromatic amines is 1. The molecule has 2 heterocycles. The molecule has 4 nitrogen and oxygen atoms in total. The predicted octanol–water partition coefficient (Wildman–Crippen LogP) is 1.62. The number of thiophene rings is 1. The van der Waals surface area contributed by atoms with Gasteiger partial charge in [0, 0.05) is 11.1 Å². The fourth-order valence-electron chi connectivity index (χ4n) is 0.751. The quantitative estimate of drug-likeness (QED) is 0.710. The van der Waals surface area contributed by atoms with Crippen LogP contribution in [0.2, 0.25) is 0 Å². The number of H-pyrrole nitrogens is 1. The van der Waals surface area contributed by atoms with E-state index in [1.54, 1.807) is 17.6 Å². The van der Waals surface area contributed by atoms with Crippen molar-refractivity contribution >= 4 is 23.5 Å². The van der Waals surface area contributed by atoms with Gasteiger partial charge in [-0.1, -0.05) is 6.07 Å². The van der Waals surface area contributed by atoms with Crippen molar-refractivity contribution in [3.05, 3.63) is 28.7 Å². The zero-order valence-corrected chi connectivity index (χ0v) is 6.95. The highest BCUT2D eigenvalue weighted by molar-refractivity contribution is 7.11. The van der Waals surface area contributed by atoms with Crippen LogP contribution in [-0.4, -0.2) is 21.4 Å². The highest BCUT2D eigenvalue weighted by atomic mass is 32.1. The van der Waals surface area contributed by atoms with Crippen molar-refractivity contribution in [2.45, 2.75) is 0 Å². The Morgan fingerprint density at radius 3 is 3.25 bits per heavy atom. The maximum absolute atomic E-state index is 4.06. The van der Waals surface area contributed by atoms with Crippen LogP contribution in [-0.2, 0) is 0 Å². The molecule has 2 rings (SSSR count). The lowest BCUT2D eigenvalue weighted by molar-refractivity contribution is 1.08. The molecule has 5 heteroatoms. The summed E-state index contributed by atoms with van der Waals surface area (Å²) in [6, 6.07) is 3.97. The summed E-state index contributed by atoms with van der Waals surface area (Å²) in [5, 5.41) is 8.32. The Kier molecular flexibility index (Phi) is 1.96. The molecule has 2 aromatic rings. The minimum Gasteiger partial charge on any atom is -0.244 e. The van der Waals surface area contributed by atoms with Crippen molar-refractivity contribution in [2.75, 3.05) is 0 Å². The van der Waals surface area contributed by atoms with Crippen molar-refractivity contribution < 1.29 is 0 Å². The number of aliphatic imine (C=N–C) groups is 1. The first-order valence-electron chi connectivity index (χ1n) is 3.38. The van der Waals surface area contributed by atoms with Gasteiger partial charge in [-0.3, -0.25) is 0 Å². The van der Waals surface area contributed by atoms with E-state index >= 15 is 0 Å². The summed E-state index contributed by atoms with van der Waals surface area (Å²) in [6.07, 6.45) is 3.19. The van der Waals surface area contributed by atoms with E-state index in [0.717, 1.165) is 4.88 Å². The Morgan fingerprint density at radius 2 is 2.58 bits per heavy atom. The fraction of sp³-hybridized carbons (Fsp3) is 0. The van der Waals surface area contributed by atoms with Gasteiger partial charge in [-0.05, 0) is 11.4 Å². The van der Waals surface area contributed by atoms with Crippen molar-refractivity contribution in [1.29, 1.82) is 0 Å². The van der Waals surface area contributed by atoms with E-state index in [-0.39, 0.29) is 0 Å². The third-order valence-electron chi connectivity index (χ3n) is 1.26. The fourth-order valence-corrected chi connectivity index (χ4v) is 1.34. The van der Waals surface area contributed by atoms with Gasteiger partial charge in [-0.25, -0.2) is 10.1 Å². The molecule has 0 fully saturated rings. The average Bonchev–Trinajstić information content (AvgIpc) is 2.74. The molecule has 0 spiro atoms. The minimum atomic E-state index is 0.531. The van der Waals surface area contributed by atoms with E-state index in [4.69, 9.17) is 0 Å². The number of hydrogen-bond acceptors (Lipinski definition) is 4. The van der Waals surface area contributed by atoms with Gasteiger partial charge >= 0.3 is 0 Å². The van der Waals surface area contributed by atoms with Gasteiger partial charge in [-0.15, -0.1) is 11.3 Å². The Morgan fingerprint density at radius 1 is 1.58 bits per heavy atom. The zero-order valence-electron chi connectivity index (χ0n) is 6.14. The van der Waals surface area contributed by atoms with E-state index in [1.807, 2.05) is 17.5 Å². The van der Waals surface area contributed by atoms with Gasteiger partial charge in [0.05, 0.1) is 0 Å². The summed E-state index contributed by atoms with van der Waals surface area (Å²) in [6.45, 7) is 0. The molecule has 12 heavy (non-hydrogen) atoms. The third kappa shape index (κ3) is 1.57. The summed E-state index contributed by atoms with van der Waals surface area (Å²) in [5.74, 6) is 0.531. The Hall–Kier alpha value is -1.49. The van der Waals surface area contributed by atoms with E-state index in [9.17, 15) is 0 Å². The normalized spacial score (nSPS) is 11.0. The van der Waals surface area contributed by atoms with Gasteiger partial charge in [0.1, 0.15) is 6.33 Å². The van der Waals surface area contributed by atoms with Gasteiger partial charge in [0.15, 0.2) is 0 Å². The summed E-state index contributed by atoms with van der Waals surface area (Å²) in [7, 11) is 0. The Bertz CT molecular complexity index is 312. The summed E-state index contributed by atoms with van der Waals surface area (Å²) in [4.78, 5) is 9.02. The first-order chi connectivity index (χ1) is 5.95. The lowest BCUT2D eigenvalue weighted by atomic mass is 10.5. The lowest BCUT2D eigenvalue weighted by Crippen LogP contribution is -1.72. The van der Waals surface area contributed by atoms with E-state index in [0.29, 0.717) is 5.95 Å². The molecule has 60 valence electrons. The maximum Gasteiger partial charge on any atom is 0.245 e. The summed E-state index contributed by atoms with van der Waals surface area (Å²) < 4.78 is 0. The van der Waals surface area contributed by atoms with Gasteiger partial charge in [0.2, 0.25) is 5.95 Å². The van der Waals surface area contributed by atoms with Crippen LogP contribution in [0.1, 0.15) is 4.88 Å². The molecule has 0 aliphatic carbocycles. The first-order valence-corrected chi connectivity index (χ1v) is 4.26. The first kappa shape index (κ1) is 7.17. The van der Waals surface area contributed by atoms with Crippen molar-refractivity contribution in [2.24, 2.45) is 4.99 Å². The van der Waals surface area contributed by atoms with Crippen LogP contribution in [0.4, 0.5) is 5.95 Å². The van der Waals surface area contributed by atoms with Crippen molar-refractivity contribution in [1.82, 2.24) is 15.2 Å². The maximum atomic E-state index is 4.06. The summed E-state index contributed by atoms with van der Waals surface area (Å²) in [5.41, 5.74) is 0. The van der Waals surface area contributed by atoms with Crippen LogP contribution in [0, 0.1) is 0 Å². The molecular weight excluding hydrogens is 172 g/mol. The van der Waals surface area contributed by atoms with Crippen LogP contribution in [0.3, 0.4) is 0 Å². The number of rotatable bonds is 2. The second-order valence-corrected chi connectivity index (χ2v) is 3.06. The molecule has 0 aliphatic rings. The summed E-state index contributed by atoms with van der Waals surface area (Å²) >= 11 is 1.63. The van der Waals surface area contributed by atoms with Gasteiger partial charge < -0.3 is 0 Å². The highest BCUT2D eigenvalue weighted by Gasteiger charge is 1.89. The highest BCUT2D eigenvalue weighted by Crippen LogP contribution is 2.06. The molecular formula is C7H6N4S. The molecule has 0 aromatic carbocycles.